The summed E-state index contributed by atoms with van der Waals surface area (Å²) in [5.74, 6) is -1.00. The van der Waals surface area contributed by atoms with E-state index in [-0.39, 0.29) is 19.4 Å². The van der Waals surface area contributed by atoms with E-state index < -0.39 is 23.3 Å². The predicted octanol–water partition coefficient (Wildman–Crippen LogP) is 0.458. The van der Waals surface area contributed by atoms with E-state index in [2.05, 4.69) is 5.32 Å². The van der Waals surface area contributed by atoms with Crippen LogP contribution in [0.25, 0.3) is 0 Å². The number of aliphatic carboxylic acids is 1. The third kappa shape index (κ3) is 0.696. The van der Waals surface area contributed by atoms with Crippen molar-refractivity contribution in [1.82, 2.24) is 5.32 Å². The summed E-state index contributed by atoms with van der Waals surface area (Å²) in [5.41, 5.74) is -2.07. The molecule has 0 aromatic carbocycles. The average molecular weight is 177 g/mol. The second-order valence-corrected chi connectivity index (χ2v) is 3.76. The maximum atomic E-state index is 12.4. The van der Waals surface area contributed by atoms with Crippen LogP contribution in [0.5, 0.6) is 0 Å². The molecule has 3 fully saturated rings. The molecule has 3 aliphatic rings. The third-order valence-corrected chi connectivity index (χ3v) is 2.96. The minimum atomic E-state index is -2.40. The van der Waals surface area contributed by atoms with Gasteiger partial charge in [-0.25, -0.2) is 8.78 Å². The van der Waals surface area contributed by atoms with E-state index in [4.69, 9.17) is 5.11 Å². The van der Waals surface area contributed by atoms with Gasteiger partial charge in [0.15, 0.2) is 0 Å². The second-order valence-electron chi connectivity index (χ2n) is 3.76. The summed E-state index contributed by atoms with van der Waals surface area (Å²) >= 11 is 0. The molecular formula is C7H9F2NO2. The molecule has 0 amide bonds. The molecule has 2 aliphatic heterocycles. The van der Waals surface area contributed by atoms with E-state index in [9.17, 15) is 13.6 Å². The molecule has 2 bridgehead atoms. The number of alkyl halides is 2. The Morgan fingerprint density at radius 2 is 2.08 bits per heavy atom. The predicted molar refractivity (Wildman–Crippen MR) is 36.0 cm³/mol. The van der Waals surface area contributed by atoms with Gasteiger partial charge < -0.3 is 10.4 Å². The molecule has 0 atom stereocenters. The Morgan fingerprint density at radius 1 is 1.50 bits per heavy atom. The van der Waals surface area contributed by atoms with Gasteiger partial charge >= 0.3 is 5.97 Å². The largest absolute Gasteiger partial charge is 0.480 e. The first-order valence-corrected chi connectivity index (χ1v) is 3.77. The molecule has 5 heteroatoms. The molecular weight excluding hydrogens is 168 g/mol. The highest BCUT2D eigenvalue weighted by molar-refractivity contribution is 5.81. The monoisotopic (exact) mass is 177 g/mol. The van der Waals surface area contributed by atoms with Gasteiger partial charge in [-0.1, -0.05) is 0 Å². The maximum Gasteiger partial charge on any atom is 0.323 e. The van der Waals surface area contributed by atoms with Crippen LogP contribution in [0.15, 0.2) is 0 Å². The van der Waals surface area contributed by atoms with E-state index in [1.165, 1.54) is 0 Å². The zero-order chi connectivity index (χ0) is 8.98. The number of fused-ring (bicyclic) bond motifs is 1. The highest BCUT2D eigenvalue weighted by Gasteiger charge is 2.68. The standard InChI is InChI=1S/C7H9F2NO2/c8-4(9)6-1-7(2-6,5(11)12)10-3-6/h4,10H,1-3H2,(H,11,12). The van der Waals surface area contributed by atoms with Gasteiger partial charge in [-0.05, 0) is 12.8 Å². The molecule has 0 spiro atoms. The lowest BCUT2D eigenvalue weighted by Crippen LogP contribution is -2.55. The van der Waals surface area contributed by atoms with Crippen LogP contribution < -0.4 is 5.32 Å². The number of carboxylic acid groups (broad SMARTS) is 1. The van der Waals surface area contributed by atoms with Crippen molar-refractivity contribution in [3.8, 4) is 0 Å². The van der Waals surface area contributed by atoms with Crippen LogP contribution in [-0.4, -0.2) is 29.6 Å². The van der Waals surface area contributed by atoms with Gasteiger partial charge in [-0.15, -0.1) is 0 Å². The molecule has 0 unspecified atom stereocenters. The van der Waals surface area contributed by atoms with Gasteiger partial charge in [0.25, 0.3) is 0 Å². The summed E-state index contributed by atoms with van der Waals surface area (Å²) in [6.45, 7) is 0.136. The van der Waals surface area contributed by atoms with Crippen LogP contribution in [0, 0.1) is 5.41 Å². The summed E-state index contributed by atoms with van der Waals surface area (Å²) in [6, 6.07) is 0. The first-order chi connectivity index (χ1) is 5.51. The summed E-state index contributed by atoms with van der Waals surface area (Å²) in [6.07, 6.45) is -2.25. The highest BCUT2D eigenvalue weighted by atomic mass is 19.3. The maximum absolute atomic E-state index is 12.4. The molecule has 68 valence electrons. The van der Waals surface area contributed by atoms with Crippen LogP contribution in [-0.2, 0) is 4.79 Å². The quantitative estimate of drug-likeness (QED) is 0.644. The summed E-state index contributed by atoms with van der Waals surface area (Å²) in [5, 5.41) is 11.3. The number of halogens is 2. The molecule has 12 heavy (non-hydrogen) atoms. The minimum Gasteiger partial charge on any atom is -0.480 e. The molecule has 2 saturated heterocycles. The summed E-state index contributed by atoms with van der Waals surface area (Å²) in [4.78, 5) is 10.6. The Labute approximate surface area is 67.8 Å². The van der Waals surface area contributed by atoms with Crippen molar-refractivity contribution < 1.29 is 18.7 Å². The van der Waals surface area contributed by atoms with Crippen molar-refractivity contribution in [2.45, 2.75) is 24.8 Å². The van der Waals surface area contributed by atoms with Gasteiger partial charge in [0.1, 0.15) is 5.54 Å². The van der Waals surface area contributed by atoms with Crippen LogP contribution in [0.1, 0.15) is 12.8 Å². The fourth-order valence-electron chi connectivity index (χ4n) is 2.20. The lowest BCUT2D eigenvalue weighted by Gasteiger charge is -2.42. The number of nitrogens with one attached hydrogen (secondary N) is 1. The Kier molecular flexibility index (Phi) is 1.29. The van der Waals surface area contributed by atoms with E-state index in [0.29, 0.717) is 0 Å². The van der Waals surface area contributed by atoms with Crippen LogP contribution in [0.3, 0.4) is 0 Å². The van der Waals surface area contributed by atoms with Gasteiger partial charge in [0, 0.05) is 12.0 Å². The fraction of sp³-hybridized carbons (Fsp3) is 0.857. The molecule has 1 saturated carbocycles. The van der Waals surface area contributed by atoms with E-state index >= 15 is 0 Å². The molecule has 0 aromatic rings. The van der Waals surface area contributed by atoms with E-state index in [0.717, 1.165) is 0 Å². The number of carbonyl (C=O) groups is 1. The Hall–Kier alpha value is -0.710. The lowest BCUT2D eigenvalue weighted by atomic mass is 9.62. The lowest BCUT2D eigenvalue weighted by molar-refractivity contribution is -0.153. The topological polar surface area (TPSA) is 49.3 Å². The minimum absolute atomic E-state index is 0.0764. The summed E-state index contributed by atoms with van der Waals surface area (Å²) in [7, 11) is 0. The van der Waals surface area contributed by atoms with E-state index in [1.807, 2.05) is 0 Å². The van der Waals surface area contributed by atoms with Gasteiger partial charge in [0.2, 0.25) is 6.43 Å². The molecule has 1 aliphatic carbocycles. The molecule has 3 rings (SSSR count). The first-order valence-electron chi connectivity index (χ1n) is 3.77. The molecule has 2 N–H and O–H groups in total. The number of rotatable bonds is 2. The molecule has 0 aromatic heterocycles. The number of carboxylic acids is 1. The van der Waals surface area contributed by atoms with Crippen molar-refractivity contribution in [2.75, 3.05) is 6.54 Å². The second kappa shape index (κ2) is 1.96. The van der Waals surface area contributed by atoms with Crippen molar-refractivity contribution in [3.05, 3.63) is 0 Å². The zero-order valence-electron chi connectivity index (χ0n) is 6.31. The van der Waals surface area contributed by atoms with Crippen molar-refractivity contribution in [3.63, 3.8) is 0 Å². The highest BCUT2D eigenvalue weighted by Crippen LogP contribution is 2.57. The van der Waals surface area contributed by atoms with Crippen molar-refractivity contribution >= 4 is 5.97 Å². The van der Waals surface area contributed by atoms with Crippen LogP contribution >= 0.6 is 0 Å². The molecule has 0 radical (unpaired) electrons. The zero-order valence-corrected chi connectivity index (χ0v) is 6.31. The number of hydrogen-bond donors (Lipinski definition) is 2. The average Bonchev–Trinajstić information content (AvgIpc) is 2.37. The van der Waals surface area contributed by atoms with Crippen molar-refractivity contribution in [1.29, 1.82) is 0 Å². The fourth-order valence-corrected chi connectivity index (χ4v) is 2.20. The number of hydrogen-bond acceptors (Lipinski definition) is 2. The van der Waals surface area contributed by atoms with E-state index in [1.54, 1.807) is 0 Å². The van der Waals surface area contributed by atoms with Crippen LogP contribution in [0.4, 0.5) is 8.78 Å². The smallest absolute Gasteiger partial charge is 0.323 e. The van der Waals surface area contributed by atoms with Gasteiger partial charge in [0.05, 0.1) is 0 Å². The Morgan fingerprint density at radius 3 is 2.33 bits per heavy atom. The Bertz CT molecular complexity index is 236. The molecule has 3 nitrogen and oxygen atoms in total. The third-order valence-electron chi connectivity index (χ3n) is 2.96. The van der Waals surface area contributed by atoms with Gasteiger partial charge in [-0.2, -0.15) is 0 Å². The Balaban J connectivity index is 2.15. The molecule has 2 heterocycles. The normalized spacial score (nSPS) is 44.6. The van der Waals surface area contributed by atoms with Crippen molar-refractivity contribution in [2.24, 2.45) is 5.41 Å². The van der Waals surface area contributed by atoms with Crippen LogP contribution in [0.2, 0.25) is 0 Å². The summed E-state index contributed by atoms with van der Waals surface area (Å²) < 4.78 is 24.7. The van der Waals surface area contributed by atoms with Gasteiger partial charge in [-0.3, -0.25) is 4.79 Å². The SMILES string of the molecule is O=C(O)C12CC(C(F)F)(CN1)C2. The first kappa shape index (κ1) is 7.91.